The van der Waals surface area contributed by atoms with E-state index in [0.29, 0.717) is 13.0 Å². The first-order valence-corrected chi connectivity index (χ1v) is 18.1. The van der Waals surface area contributed by atoms with Gasteiger partial charge in [0.15, 0.2) is 0 Å². The van der Waals surface area contributed by atoms with Crippen LogP contribution in [0.4, 0.5) is 0 Å². The van der Waals surface area contributed by atoms with Crippen molar-refractivity contribution in [3.63, 3.8) is 0 Å². The lowest BCUT2D eigenvalue weighted by atomic mass is 9.97. The first-order valence-electron chi connectivity index (χ1n) is 18.1. The lowest BCUT2D eigenvalue weighted by Crippen LogP contribution is -2.21. The summed E-state index contributed by atoms with van der Waals surface area (Å²) < 4.78 is 5.16. The molecule has 0 aliphatic heterocycles. The van der Waals surface area contributed by atoms with E-state index in [9.17, 15) is 9.59 Å². The van der Waals surface area contributed by atoms with Gasteiger partial charge >= 0.3 is 11.9 Å². The van der Waals surface area contributed by atoms with Gasteiger partial charge in [0, 0.05) is 0 Å². The summed E-state index contributed by atoms with van der Waals surface area (Å²) in [5.41, 5.74) is 0. The second kappa shape index (κ2) is 33.2. The molecule has 0 bridgehead atoms. The van der Waals surface area contributed by atoms with Crippen molar-refractivity contribution in [2.75, 3.05) is 6.61 Å². The van der Waals surface area contributed by atoms with E-state index in [1.54, 1.807) is 0 Å². The molecule has 0 amide bonds. The number of hydrogen-bond donors (Lipinski definition) is 1. The molecule has 1 atom stereocenters. The minimum atomic E-state index is -0.921. The molecule has 0 aliphatic carbocycles. The Morgan fingerprint density at radius 1 is 0.537 bits per heavy atom. The van der Waals surface area contributed by atoms with Gasteiger partial charge in [-0.2, -0.15) is 0 Å². The first kappa shape index (κ1) is 39.7. The van der Waals surface area contributed by atoms with Gasteiger partial charge in [-0.3, -0.25) is 9.59 Å². The van der Waals surface area contributed by atoms with Crippen LogP contribution in [0.3, 0.4) is 0 Å². The van der Waals surface area contributed by atoms with Gasteiger partial charge in [-0.1, -0.05) is 167 Å². The molecule has 4 nitrogen and oxygen atoms in total. The van der Waals surface area contributed by atoms with Crippen LogP contribution in [0.2, 0.25) is 0 Å². The summed E-state index contributed by atoms with van der Waals surface area (Å²) >= 11 is 0. The largest absolute Gasteiger partial charge is 0.481 e. The van der Waals surface area contributed by atoms with Crippen LogP contribution in [0.5, 0.6) is 0 Å². The highest BCUT2D eigenvalue weighted by Gasteiger charge is 2.22. The van der Waals surface area contributed by atoms with Gasteiger partial charge in [0.05, 0.1) is 18.9 Å². The SMILES string of the molecule is CCCCCCCCCCCCCCCCCCCCC/C=C/CCCCCCCC(CC(=O)O)C(=O)OCCC. The first-order chi connectivity index (χ1) is 20.1. The zero-order valence-corrected chi connectivity index (χ0v) is 27.6. The van der Waals surface area contributed by atoms with Crippen LogP contribution in [0.25, 0.3) is 0 Å². The Labute approximate surface area is 255 Å². The van der Waals surface area contributed by atoms with Gasteiger partial charge < -0.3 is 9.84 Å². The predicted molar refractivity (Wildman–Crippen MR) is 176 cm³/mol. The van der Waals surface area contributed by atoms with E-state index in [2.05, 4.69) is 19.1 Å². The number of esters is 1. The molecule has 0 aromatic heterocycles. The fourth-order valence-corrected chi connectivity index (χ4v) is 5.59. The number of hydrogen-bond acceptors (Lipinski definition) is 3. The highest BCUT2D eigenvalue weighted by molar-refractivity contribution is 5.79. The predicted octanol–water partition coefficient (Wildman–Crippen LogP) is 12.1. The van der Waals surface area contributed by atoms with Crippen molar-refractivity contribution in [3.05, 3.63) is 12.2 Å². The van der Waals surface area contributed by atoms with Gasteiger partial charge in [0.2, 0.25) is 0 Å². The van der Waals surface area contributed by atoms with E-state index in [4.69, 9.17) is 9.84 Å². The smallest absolute Gasteiger partial charge is 0.309 e. The van der Waals surface area contributed by atoms with Gasteiger partial charge in [-0.05, 0) is 38.5 Å². The van der Waals surface area contributed by atoms with Crippen LogP contribution in [0, 0.1) is 5.92 Å². The van der Waals surface area contributed by atoms with Gasteiger partial charge in [-0.15, -0.1) is 0 Å². The number of carboxylic acids is 1. The fourth-order valence-electron chi connectivity index (χ4n) is 5.59. The zero-order chi connectivity index (χ0) is 30.1. The van der Waals surface area contributed by atoms with Crippen molar-refractivity contribution in [2.24, 2.45) is 5.92 Å². The quantitative estimate of drug-likeness (QED) is 0.0478. The van der Waals surface area contributed by atoms with Crippen LogP contribution in [-0.2, 0) is 14.3 Å². The van der Waals surface area contributed by atoms with E-state index in [0.717, 1.165) is 32.1 Å². The van der Waals surface area contributed by atoms with Crippen molar-refractivity contribution < 1.29 is 19.4 Å². The number of unbranched alkanes of at least 4 members (excludes halogenated alkanes) is 24. The number of rotatable bonds is 33. The minimum Gasteiger partial charge on any atom is -0.481 e. The molecule has 1 unspecified atom stereocenters. The lowest BCUT2D eigenvalue weighted by Gasteiger charge is -2.13. The summed E-state index contributed by atoms with van der Waals surface area (Å²) in [6, 6.07) is 0. The molecule has 0 saturated carbocycles. The Kier molecular flexibility index (Phi) is 32.1. The molecule has 4 heteroatoms. The van der Waals surface area contributed by atoms with Crippen molar-refractivity contribution in [2.45, 2.75) is 200 Å². The second-order valence-corrected chi connectivity index (χ2v) is 12.4. The van der Waals surface area contributed by atoms with E-state index >= 15 is 0 Å². The zero-order valence-electron chi connectivity index (χ0n) is 27.6. The van der Waals surface area contributed by atoms with Crippen molar-refractivity contribution >= 4 is 11.9 Å². The Bertz CT molecular complexity index is 585. The highest BCUT2D eigenvalue weighted by atomic mass is 16.5. The third kappa shape index (κ3) is 31.4. The fraction of sp³-hybridized carbons (Fsp3) is 0.892. The van der Waals surface area contributed by atoms with E-state index in [1.165, 1.54) is 141 Å². The Morgan fingerprint density at radius 3 is 1.27 bits per heavy atom. The Hall–Kier alpha value is -1.32. The molecule has 0 rings (SSSR count). The third-order valence-electron chi connectivity index (χ3n) is 8.27. The number of aliphatic carboxylic acids is 1. The number of ether oxygens (including phenoxy) is 1. The molecule has 0 fully saturated rings. The third-order valence-corrected chi connectivity index (χ3v) is 8.27. The molecule has 242 valence electrons. The van der Waals surface area contributed by atoms with Crippen LogP contribution >= 0.6 is 0 Å². The molecule has 0 saturated heterocycles. The minimum absolute atomic E-state index is 0.118. The Morgan fingerprint density at radius 2 is 0.902 bits per heavy atom. The van der Waals surface area contributed by atoms with Gasteiger partial charge in [0.25, 0.3) is 0 Å². The number of allylic oxidation sites excluding steroid dienone is 2. The van der Waals surface area contributed by atoms with Gasteiger partial charge in [0.1, 0.15) is 0 Å². The molecular weight excluding hydrogens is 508 g/mol. The summed E-state index contributed by atoms with van der Waals surface area (Å²) in [6.45, 7) is 4.61. The van der Waals surface area contributed by atoms with E-state index in [-0.39, 0.29) is 12.4 Å². The van der Waals surface area contributed by atoms with Crippen LogP contribution in [0.1, 0.15) is 200 Å². The summed E-state index contributed by atoms with van der Waals surface area (Å²) in [4.78, 5) is 23.1. The molecule has 0 aliphatic rings. The summed E-state index contributed by atoms with van der Waals surface area (Å²) in [6.07, 6.45) is 41.0. The molecule has 0 radical (unpaired) electrons. The number of carbonyl (C=O) groups is 2. The molecule has 0 heterocycles. The summed E-state index contributed by atoms with van der Waals surface area (Å²) in [5.74, 6) is -1.76. The average Bonchev–Trinajstić information content (AvgIpc) is 2.96. The summed E-state index contributed by atoms with van der Waals surface area (Å²) in [7, 11) is 0. The normalized spacial score (nSPS) is 12.2. The topological polar surface area (TPSA) is 63.6 Å². The van der Waals surface area contributed by atoms with Crippen molar-refractivity contribution in [3.8, 4) is 0 Å². The van der Waals surface area contributed by atoms with Crippen molar-refractivity contribution in [1.29, 1.82) is 0 Å². The van der Waals surface area contributed by atoms with Crippen molar-refractivity contribution in [1.82, 2.24) is 0 Å². The molecule has 0 spiro atoms. The highest BCUT2D eigenvalue weighted by Crippen LogP contribution is 2.18. The molecule has 0 aromatic carbocycles. The molecule has 0 aromatic rings. The Balaban J connectivity index is 3.35. The van der Waals surface area contributed by atoms with Crippen LogP contribution in [-0.4, -0.2) is 23.7 Å². The van der Waals surface area contributed by atoms with Crippen LogP contribution in [0.15, 0.2) is 12.2 Å². The second-order valence-electron chi connectivity index (χ2n) is 12.4. The van der Waals surface area contributed by atoms with E-state index in [1.807, 2.05) is 6.92 Å². The average molecular weight is 579 g/mol. The maximum absolute atomic E-state index is 12.0. The number of carboxylic acid groups (broad SMARTS) is 1. The number of carbonyl (C=O) groups excluding carboxylic acids is 1. The monoisotopic (exact) mass is 579 g/mol. The summed E-state index contributed by atoms with van der Waals surface area (Å²) in [5, 5.41) is 9.05. The van der Waals surface area contributed by atoms with E-state index < -0.39 is 11.9 Å². The lowest BCUT2D eigenvalue weighted by molar-refractivity contribution is -0.153. The maximum Gasteiger partial charge on any atom is 0.309 e. The molecular formula is C37H70O4. The molecule has 41 heavy (non-hydrogen) atoms. The van der Waals surface area contributed by atoms with Crippen LogP contribution < -0.4 is 0 Å². The van der Waals surface area contributed by atoms with Gasteiger partial charge in [-0.25, -0.2) is 0 Å². The maximum atomic E-state index is 12.0. The standard InChI is InChI=1S/C37H70O4/c1-3-5-6-7-8-9-10-11-12-13-14-15-16-17-18-19-20-21-22-23-24-25-26-27-28-29-30-31-32-35(34-36(38)39)37(40)41-33-4-2/h24-25,35H,3-23,26-34H2,1-2H3,(H,38,39)/b25-24+. The molecule has 1 N–H and O–H groups in total.